The zero-order valence-corrected chi connectivity index (χ0v) is 8.89. The van der Waals surface area contributed by atoms with Crippen LogP contribution in [0.5, 0.6) is 0 Å². The summed E-state index contributed by atoms with van der Waals surface area (Å²) >= 11 is 0. The van der Waals surface area contributed by atoms with Crippen molar-refractivity contribution >= 4 is 0 Å². The Morgan fingerprint density at radius 2 is 2.07 bits per heavy atom. The molecule has 5 heteroatoms. The molecule has 1 rings (SSSR count). The van der Waals surface area contributed by atoms with E-state index in [0.717, 1.165) is 6.42 Å². The summed E-state index contributed by atoms with van der Waals surface area (Å²) in [5, 5.41) is 0. The molecule has 1 aliphatic carbocycles. The highest BCUT2D eigenvalue weighted by molar-refractivity contribution is 4.83. The van der Waals surface area contributed by atoms with Crippen LogP contribution in [0, 0.1) is 11.8 Å². The van der Waals surface area contributed by atoms with Gasteiger partial charge in [0.1, 0.15) is 0 Å². The van der Waals surface area contributed by atoms with Crippen molar-refractivity contribution in [3.63, 3.8) is 0 Å². The first kappa shape index (κ1) is 12.8. The van der Waals surface area contributed by atoms with Gasteiger partial charge in [0, 0.05) is 13.2 Å². The lowest BCUT2D eigenvalue weighted by Gasteiger charge is -2.33. The van der Waals surface area contributed by atoms with E-state index in [9.17, 15) is 13.2 Å². The number of nitrogens with two attached hydrogens (primary N) is 1. The normalized spacial score (nSPS) is 30.2. The molecular weight excluding hydrogens is 207 g/mol. The van der Waals surface area contributed by atoms with E-state index in [1.165, 1.54) is 7.11 Å². The maximum atomic E-state index is 12.5. The fourth-order valence-electron chi connectivity index (χ4n) is 2.24. The fraction of sp³-hybridized carbons (Fsp3) is 1.00. The molecule has 1 fully saturated rings. The number of hydrogen-bond acceptors (Lipinski definition) is 2. The standard InChI is InChI=1S/C10H18F3NO/c1-15-6-9(14)7-3-2-4-8(5-7)10(11,12)13/h7-9H,2-6,14H2,1H3. The third-order valence-electron chi connectivity index (χ3n) is 3.14. The van der Waals surface area contributed by atoms with Crippen molar-refractivity contribution in [1.29, 1.82) is 0 Å². The van der Waals surface area contributed by atoms with Gasteiger partial charge in [-0.2, -0.15) is 13.2 Å². The Balaban J connectivity index is 2.48. The van der Waals surface area contributed by atoms with Crippen molar-refractivity contribution < 1.29 is 17.9 Å². The van der Waals surface area contributed by atoms with Gasteiger partial charge in [-0.3, -0.25) is 0 Å². The van der Waals surface area contributed by atoms with Crippen LogP contribution < -0.4 is 5.73 Å². The molecular formula is C10H18F3NO. The van der Waals surface area contributed by atoms with E-state index in [-0.39, 0.29) is 24.8 Å². The summed E-state index contributed by atoms with van der Waals surface area (Å²) in [6, 6.07) is -0.264. The van der Waals surface area contributed by atoms with Crippen LogP contribution in [0.15, 0.2) is 0 Å². The summed E-state index contributed by atoms with van der Waals surface area (Å²) in [6.45, 7) is 0.343. The topological polar surface area (TPSA) is 35.2 Å². The second-order valence-corrected chi connectivity index (χ2v) is 4.28. The molecule has 0 aromatic carbocycles. The molecule has 0 aromatic rings. The average Bonchev–Trinajstić information content (AvgIpc) is 2.17. The van der Waals surface area contributed by atoms with Crippen LogP contribution in [-0.4, -0.2) is 25.9 Å². The molecule has 0 aromatic heterocycles. The van der Waals surface area contributed by atoms with Gasteiger partial charge in [0.15, 0.2) is 0 Å². The molecule has 0 aliphatic heterocycles. The van der Waals surface area contributed by atoms with E-state index in [0.29, 0.717) is 13.0 Å². The van der Waals surface area contributed by atoms with Gasteiger partial charge in [-0.1, -0.05) is 6.42 Å². The summed E-state index contributed by atoms with van der Waals surface area (Å²) in [6.07, 6.45) is -2.25. The van der Waals surface area contributed by atoms with Gasteiger partial charge in [0.2, 0.25) is 0 Å². The predicted molar refractivity (Wildman–Crippen MR) is 51.4 cm³/mol. The lowest BCUT2D eigenvalue weighted by Crippen LogP contribution is -2.40. The molecule has 1 saturated carbocycles. The third kappa shape index (κ3) is 3.65. The number of hydrogen-bond donors (Lipinski definition) is 1. The molecule has 3 atom stereocenters. The van der Waals surface area contributed by atoms with Gasteiger partial charge >= 0.3 is 6.18 Å². The lowest BCUT2D eigenvalue weighted by atomic mass is 9.78. The summed E-state index contributed by atoms with van der Waals surface area (Å²) in [7, 11) is 1.52. The molecule has 2 N–H and O–H groups in total. The van der Waals surface area contributed by atoms with Crippen molar-refractivity contribution in [2.45, 2.75) is 37.9 Å². The van der Waals surface area contributed by atoms with Crippen molar-refractivity contribution in [3.8, 4) is 0 Å². The number of alkyl halides is 3. The monoisotopic (exact) mass is 225 g/mol. The van der Waals surface area contributed by atoms with E-state index in [1.54, 1.807) is 0 Å². The van der Waals surface area contributed by atoms with Crippen molar-refractivity contribution in [3.05, 3.63) is 0 Å². The largest absolute Gasteiger partial charge is 0.391 e. The van der Waals surface area contributed by atoms with Crippen LogP contribution in [0.2, 0.25) is 0 Å². The van der Waals surface area contributed by atoms with Crippen molar-refractivity contribution in [1.82, 2.24) is 0 Å². The molecule has 0 saturated heterocycles. The number of rotatable bonds is 3. The van der Waals surface area contributed by atoms with E-state index in [1.807, 2.05) is 0 Å². The molecule has 0 radical (unpaired) electrons. The second-order valence-electron chi connectivity index (χ2n) is 4.28. The minimum absolute atomic E-state index is 0.0506. The highest BCUT2D eigenvalue weighted by Crippen LogP contribution is 2.40. The summed E-state index contributed by atoms with van der Waals surface area (Å²) in [4.78, 5) is 0. The molecule has 0 heterocycles. The van der Waals surface area contributed by atoms with Crippen LogP contribution in [0.1, 0.15) is 25.7 Å². The maximum Gasteiger partial charge on any atom is 0.391 e. The molecule has 0 amide bonds. The zero-order valence-electron chi connectivity index (χ0n) is 8.89. The van der Waals surface area contributed by atoms with Crippen LogP contribution >= 0.6 is 0 Å². The Morgan fingerprint density at radius 3 is 2.60 bits per heavy atom. The van der Waals surface area contributed by atoms with Crippen LogP contribution in [0.4, 0.5) is 13.2 Å². The van der Waals surface area contributed by atoms with Gasteiger partial charge in [0.25, 0.3) is 0 Å². The van der Waals surface area contributed by atoms with Crippen molar-refractivity contribution in [2.75, 3.05) is 13.7 Å². The van der Waals surface area contributed by atoms with E-state index < -0.39 is 12.1 Å². The van der Waals surface area contributed by atoms with E-state index in [2.05, 4.69) is 0 Å². The number of halogens is 3. The van der Waals surface area contributed by atoms with E-state index >= 15 is 0 Å². The minimum atomic E-state index is -4.06. The average molecular weight is 225 g/mol. The number of ether oxygens (including phenoxy) is 1. The Hall–Kier alpha value is -0.290. The fourth-order valence-corrected chi connectivity index (χ4v) is 2.24. The van der Waals surface area contributed by atoms with Crippen LogP contribution in [0.3, 0.4) is 0 Å². The molecule has 0 spiro atoms. The number of methoxy groups -OCH3 is 1. The van der Waals surface area contributed by atoms with Crippen molar-refractivity contribution in [2.24, 2.45) is 17.6 Å². The highest BCUT2D eigenvalue weighted by atomic mass is 19.4. The molecule has 2 nitrogen and oxygen atoms in total. The first-order chi connectivity index (χ1) is 6.95. The molecule has 1 aliphatic rings. The lowest BCUT2D eigenvalue weighted by molar-refractivity contribution is -0.186. The summed E-state index contributed by atoms with van der Waals surface area (Å²) in [5.41, 5.74) is 5.77. The molecule has 0 bridgehead atoms. The molecule has 15 heavy (non-hydrogen) atoms. The summed E-state index contributed by atoms with van der Waals surface area (Å²) in [5.74, 6) is -1.22. The Kier molecular flexibility index (Phi) is 4.40. The van der Waals surface area contributed by atoms with Gasteiger partial charge < -0.3 is 10.5 Å². The van der Waals surface area contributed by atoms with Gasteiger partial charge in [-0.25, -0.2) is 0 Å². The highest BCUT2D eigenvalue weighted by Gasteiger charge is 2.43. The summed E-state index contributed by atoms with van der Waals surface area (Å²) < 4.78 is 42.3. The SMILES string of the molecule is COCC(N)C1CCCC(C(F)(F)F)C1. The van der Waals surface area contributed by atoms with E-state index in [4.69, 9.17) is 10.5 Å². The smallest absolute Gasteiger partial charge is 0.383 e. The Labute approximate surface area is 88.0 Å². The maximum absolute atomic E-state index is 12.5. The van der Waals surface area contributed by atoms with Crippen LogP contribution in [0.25, 0.3) is 0 Å². The second kappa shape index (κ2) is 5.16. The van der Waals surface area contributed by atoms with Gasteiger partial charge in [-0.15, -0.1) is 0 Å². The Bertz CT molecular complexity index is 196. The quantitative estimate of drug-likeness (QED) is 0.800. The molecule has 3 unspecified atom stereocenters. The van der Waals surface area contributed by atoms with Gasteiger partial charge in [-0.05, 0) is 25.2 Å². The Morgan fingerprint density at radius 1 is 1.40 bits per heavy atom. The molecule has 90 valence electrons. The minimum Gasteiger partial charge on any atom is -0.383 e. The first-order valence-electron chi connectivity index (χ1n) is 5.26. The van der Waals surface area contributed by atoms with Crippen LogP contribution in [-0.2, 0) is 4.74 Å². The third-order valence-corrected chi connectivity index (χ3v) is 3.14. The zero-order chi connectivity index (χ0) is 11.5. The predicted octanol–water partition coefficient (Wildman–Crippen LogP) is 2.33. The first-order valence-corrected chi connectivity index (χ1v) is 5.26. The van der Waals surface area contributed by atoms with Gasteiger partial charge in [0.05, 0.1) is 12.5 Å².